The number of non-ortho nitro benzene ring substituents is 1. The average Bonchev–Trinajstić information content (AvgIpc) is 2.35. The monoisotopic (exact) mass is 266 g/mol. The van der Waals surface area contributed by atoms with Crippen LogP contribution in [0.1, 0.15) is 12.5 Å². The van der Waals surface area contributed by atoms with Crippen LogP contribution in [-0.2, 0) is 16.1 Å². The first-order valence-electron chi connectivity index (χ1n) is 5.07. The predicted molar refractivity (Wildman–Crippen MR) is 64.4 cm³/mol. The number of hydrogen-bond acceptors (Lipinski definition) is 6. The van der Waals surface area contributed by atoms with Gasteiger partial charge in [0.1, 0.15) is 6.61 Å². The summed E-state index contributed by atoms with van der Waals surface area (Å²) < 4.78 is 4.77. The molecule has 0 radical (unpaired) electrons. The van der Waals surface area contributed by atoms with E-state index in [1.165, 1.54) is 13.0 Å². The second-order valence-corrected chi connectivity index (χ2v) is 3.68. The summed E-state index contributed by atoms with van der Waals surface area (Å²) in [7, 11) is 0. The number of esters is 1. The van der Waals surface area contributed by atoms with Crippen LogP contribution in [0.15, 0.2) is 30.4 Å². The first kappa shape index (κ1) is 14.3. The Labute approximate surface area is 107 Å². The molecule has 0 N–H and O–H groups in total. The zero-order chi connectivity index (χ0) is 14.6. The van der Waals surface area contributed by atoms with E-state index in [9.17, 15) is 25.0 Å². The van der Waals surface area contributed by atoms with Gasteiger partial charge >= 0.3 is 5.97 Å². The van der Waals surface area contributed by atoms with Gasteiger partial charge in [0.05, 0.1) is 21.5 Å². The van der Waals surface area contributed by atoms with E-state index in [-0.39, 0.29) is 17.7 Å². The number of nitrogens with zero attached hydrogens (tertiary/aromatic N) is 2. The molecule has 0 heterocycles. The maximum absolute atomic E-state index is 11.2. The predicted octanol–water partition coefficient (Wildman–Crippen LogP) is 2.12. The van der Waals surface area contributed by atoms with E-state index in [2.05, 4.69) is 6.58 Å². The van der Waals surface area contributed by atoms with Gasteiger partial charge in [-0.05, 0) is 13.0 Å². The highest BCUT2D eigenvalue weighted by Gasteiger charge is 2.20. The topological polar surface area (TPSA) is 113 Å². The fourth-order valence-electron chi connectivity index (χ4n) is 1.22. The molecule has 1 aromatic rings. The molecule has 0 aliphatic rings. The lowest BCUT2D eigenvalue weighted by Crippen LogP contribution is -2.06. The lowest BCUT2D eigenvalue weighted by molar-refractivity contribution is -0.394. The highest BCUT2D eigenvalue weighted by atomic mass is 16.6. The first-order chi connectivity index (χ1) is 8.82. The highest BCUT2D eigenvalue weighted by Crippen LogP contribution is 2.25. The van der Waals surface area contributed by atoms with E-state index in [0.29, 0.717) is 0 Å². The van der Waals surface area contributed by atoms with Crippen LogP contribution in [0.2, 0.25) is 0 Å². The molecule has 0 aliphatic carbocycles. The molecule has 0 aliphatic heterocycles. The summed E-state index contributed by atoms with van der Waals surface area (Å²) in [6.07, 6.45) is 0. The van der Waals surface area contributed by atoms with E-state index >= 15 is 0 Å². The van der Waals surface area contributed by atoms with Gasteiger partial charge in [-0.3, -0.25) is 20.2 Å². The first-order valence-corrected chi connectivity index (χ1v) is 5.07. The summed E-state index contributed by atoms with van der Waals surface area (Å²) in [5, 5.41) is 21.3. The smallest absolute Gasteiger partial charge is 0.333 e. The second-order valence-electron chi connectivity index (χ2n) is 3.68. The third kappa shape index (κ3) is 3.60. The molecule has 0 saturated carbocycles. The second kappa shape index (κ2) is 5.71. The molecule has 0 unspecified atom stereocenters. The van der Waals surface area contributed by atoms with Gasteiger partial charge in [-0.1, -0.05) is 6.58 Å². The van der Waals surface area contributed by atoms with Crippen LogP contribution in [0.3, 0.4) is 0 Å². The van der Waals surface area contributed by atoms with E-state index in [1.54, 1.807) is 0 Å². The third-order valence-corrected chi connectivity index (χ3v) is 2.18. The van der Waals surface area contributed by atoms with Crippen LogP contribution in [0, 0.1) is 20.2 Å². The molecule has 0 atom stereocenters. The number of carbonyl (C=O) groups is 1. The molecular formula is C11H10N2O6. The number of hydrogen-bond donors (Lipinski definition) is 0. The number of nitro groups is 2. The Morgan fingerprint density at radius 1 is 1.32 bits per heavy atom. The summed E-state index contributed by atoms with van der Waals surface area (Å²) >= 11 is 0. The molecule has 100 valence electrons. The SMILES string of the molecule is C=C(C)C(=O)OCc1ccc([N+](=O)[O-])cc1[N+](=O)[O-]. The quantitative estimate of drug-likeness (QED) is 0.349. The van der Waals surface area contributed by atoms with Crippen molar-refractivity contribution in [3.63, 3.8) is 0 Å². The average molecular weight is 266 g/mol. The minimum Gasteiger partial charge on any atom is -0.457 e. The van der Waals surface area contributed by atoms with Gasteiger partial charge < -0.3 is 4.74 Å². The Hall–Kier alpha value is -2.77. The third-order valence-electron chi connectivity index (χ3n) is 2.18. The Kier molecular flexibility index (Phi) is 4.30. The van der Waals surface area contributed by atoms with Crippen LogP contribution < -0.4 is 0 Å². The lowest BCUT2D eigenvalue weighted by atomic mass is 10.1. The number of rotatable bonds is 5. The zero-order valence-corrected chi connectivity index (χ0v) is 9.99. The molecule has 0 aromatic heterocycles. The largest absolute Gasteiger partial charge is 0.457 e. The maximum Gasteiger partial charge on any atom is 0.333 e. The molecule has 1 rings (SSSR count). The molecule has 0 spiro atoms. The van der Waals surface area contributed by atoms with Crippen molar-refractivity contribution in [2.45, 2.75) is 13.5 Å². The van der Waals surface area contributed by atoms with Gasteiger partial charge in [0.2, 0.25) is 0 Å². The minimum atomic E-state index is -0.767. The standard InChI is InChI=1S/C11H10N2O6/c1-7(2)11(14)19-6-8-3-4-9(12(15)16)5-10(8)13(17)18/h3-5H,1,6H2,2H3. The Bertz CT molecular complexity index is 566. The van der Waals surface area contributed by atoms with Crippen molar-refractivity contribution in [2.24, 2.45) is 0 Å². The van der Waals surface area contributed by atoms with Gasteiger partial charge in [0.15, 0.2) is 0 Å². The summed E-state index contributed by atoms with van der Waals surface area (Å²) in [4.78, 5) is 31.0. The minimum absolute atomic E-state index is 0.0743. The van der Waals surface area contributed by atoms with Crippen molar-refractivity contribution in [3.05, 3.63) is 56.1 Å². The van der Waals surface area contributed by atoms with Crippen molar-refractivity contribution >= 4 is 17.3 Å². The van der Waals surface area contributed by atoms with Crippen molar-refractivity contribution < 1.29 is 19.4 Å². The lowest BCUT2D eigenvalue weighted by Gasteiger charge is -2.05. The van der Waals surface area contributed by atoms with Crippen LogP contribution in [0.4, 0.5) is 11.4 Å². The molecule has 8 nitrogen and oxygen atoms in total. The van der Waals surface area contributed by atoms with Gasteiger partial charge in [0.25, 0.3) is 11.4 Å². The molecule has 0 fully saturated rings. The Morgan fingerprint density at radius 2 is 1.95 bits per heavy atom. The molecular weight excluding hydrogens is 256 g/mol. The summed E-state index contributed by atoms with van der Waals surface area (Å²) in [5.41, 5.74) is -0.639. The molecule has 19 heavy (non-hydrogen) atoms. The number of nitro benzene ring substituents is 2. The summed E-state index contributed by atoms with van der Waals surface area (Å²) in [6.45, 7) is 4.45. The molecule has 8 heteroatoms. The maximum atomic E-state index is 11.2. The van der Waals surface area contributed by atoms with Crippen LogP contribution >= 0.6 is 0 Å². The Morgan fingerprint density at radius 3 is 2.42 bits per heavy atom. The zero-order valence-electron chi connectivity index (χ0n) is 9.99. The van der Waals surface area contributed by atoms with E-state index in [0.717, 1.165) is 12.1 Å². The van der Waals surface area contributed by atoms with Gasteiger partial charge in [0, 0.05) is 11.6 Å². The van der Waals surface area contributed by atoms with E-state index in [1.807, 2.05) is 0 Å². The molecule has 0 bridgehead atoms. The Balaban J connectivity index is 3.01. The van der Waals surface area contributed by atoms with Crippen molar-refractivity contribution in [2.75, 3.05) is 0 Å². The number of benzene rings is 1. The van der Waals surface area contributed by atoms with E-state index < -0.39 is 27.2 Å². The van der Waals surface area contributed by atoms with E-state index in [4.69, 9.17) is 4.74 Å². The van der Waals surface area contributed by atoms with Gasteiger partial charge in [-0.15, -0.1) is 0 Å². The normalized spacial score (nSPS) is 9.74. The van der Waals surface area contributed by atoms with Gasteiger partial charge in [-0.2, -0.15) is 0 Å². The molecule has 1 aromatic carbocycles. The fourth-order valence-corrected chi connectivity index (χ4v) is 1.22. The van der Waals surface area contributed by atoms with Crippen molar-refractivity contribution in [3.8, 4) is 0 Å². The highest BCUT2D eigenvalue weighted by molar-refractivity contribution is 5.86. The number of ether oxygens (including phenoxy) is 1. The molecule has 0 saturated heterocycles. The van der Waals surface area contributed by atoms with Crippen molar-refractivity contribution in [1.29, 1.82) is 0 Å². The van der Waals surface area contributed by atoms with Gasteiger partial charge in [-0.25, -0.2) is 4.79 Å². The van der Waals surface area contributed by atoms with Crippen LogP contribution in [0.5, 0.6) is 0 Å². The fraction of sp³-hybridized carbons (Fsp3) is 0.182. The van der Waals surface area contributed by atoms with Crippen molar-refractivity contribution in [1.82, 2.24) is 0 Å². The summed E-state index contributed by atoms with van der Waals surface area (Å²) in [5.74, 6) is -0.687. The number of carbonyl (C=O) groups excluding carboxylic acids is 1. The van der Waals surface area contributed by atoms with Crippen LogP contribution in [-0.4, -0.2) is 15.8 Å². The van der Waals surface area contributed by atoms with Crippen LogP contribution in [0.25, 0.3) is 0 Å². The molecule has 0 amide bonds. The summed E-state index contributed by atoms with van der Waals surface area (Å²) in [6, 6.07) is 3.11.